The second kappa shape index (κ2) is 19.5. The van der Waals surface area contributed by atoms with E-state index in [-0.39, 0.29) is 0 Å². The minimum absolute atomic E-state index is 0.556. The first kappa shape index (κ1) is 44.5. The summed E-state index contributed by atoms with van der Waals surface area (Å²) >= 11 is -0.556. The number of hydrogen-bond acceptors (Lipinski definition) is 6. The van der Waals surface area contributed by atoms with Gasteiger partial charge in [0.25, 0.3) is 0 Å². The number of aliphatic hydroxyl groups is 2. The normalized spacial score (nSPS) is 15.6. The molecule has 60 heavy (non-hydrogen) atoms. The van der Waals surface area contributed by atoms with E-state index in [0.29, 0.717) is 22.3 Å². The van der Waals surface area contributed by atoms with E-state index in [1.165, 1.54) is 13.8 Å². The van der Waals surface area contributed by atoms with Crippen molar-refractivity contribution < 1.29 is 36.7 Å². The number of fused-ring (bicyclic) bond motifs is 4. The fourth-order valence-corrected chi connectivity index (χ4v) is 8.51. The van der Waals surface area contributed by atoms with Crippen LogP contribution in [0.3, 0.4) is 0 Å². The van der Waals surface area contributed by atoms with Crippen LogP contribution < -0.4 is 0 Å². The third-order valence-electron chi connectivity index (χ3n) is 10.7. The molecule has 0 aliphatic carbocycles. The first-order valence-electron chi connectivity index (χ1n) is 19.3. The summed E-state index contributed by atoms with van der Waals surface area (Å²) in [6.07, 6.45) is -2.18. The van der Waals surface area contributed by atoms with Crippen LogP contribution in [0.5, 0.6) is 0 Å². The molecule has 8 aromatic rings. The van der Waals surface area contributed by atoms with Gasteiger partial charge in [-0.05, 0) is 79.2 Å². The Labute approximate surface area is 367 Å². The van der Waals surface area contributed by atoms with Crippen LogP contribution in [-0.2, 0) is 37.7 Å². The van der Waals surface area contributed by atoms with Gasteiger partial charge in [0.05, 0.1) is 12.1 Å². The van der Waals surface area contributed by atoms with Gasteiger partial charge >= 0.3 is 35.6 Å². The molecule has 2 atom stereocenters. The van der Waals surface area contributed by atoms with E-state index in [9.17, 15) is 10.2 Å². The first-order chi connectivity index (χ1) is 29.0. The molecule has 1 aliphatic rings. The van der Waals surface area contributed by atoms with E-state index in [1.54, 1.807) is 12.1 Å². The Bertz CT molecular complexity index is 2460. The van der Waals surface area contributed by atoms with Crippen molar-refractivity contribution in [3.63, 3.8) is 0 Å². The first-order valence-corrected chi connectivity index (χ1v) is 23.6. The summed E-state index contributed by atoms with van der Waals surface area (Å²) < 4.78 is 14.0. The Morgan fingerprint density at radius 1 is 0.467 bits per heavy atom. The predicted octanol–water partition coefficient (Wildman–Crippen LogP) is 12.4. The van der Waals surface area contributed by atoms with Crippen LogP contribution in [-0.4, -0.2) is 28.2 Å². The molecule has 9 heteroatoms. The average Bonchev–Trinajstić information content (AvgIpc) is 3.62. The van der Waals surface area contributed by atoms with Gasteiger partial charge in [-0.1, -0.05) is 170 Å². The molecule has 0 bridgehead atoms. The summed E-state index contributed by atoms with van der Waals surface area (Å²) in [5.41, 5.74) is -0.914. The molecule has 1 saturated heterocycles. The molecule has 2 N–H and O–H groups in total. The van der Waals surface area contributed by atoms with Crippen molar-refractivity contribution in [2.45, 2.75) is 56.9 Å². The Morgan fingerprint density at radius 2 is 0.667 bits per heavy atom. The zero-order valence-electron chi connectivity index (χ0n) is 33.7. The molecule has 1 heterocycles. The van der Waals surface area contributed by atoms with Crippen LogP contribution in [0.1, 0.15) is 49.9 Å². The van der Waals surface area contributed by atoms with E-state index in [4.69, 9.17) is 38.6 Å². The Morgan fingerprint density at radius 3 is 0.900 bits per heavy atom. The number of benzene rings is 8. The number of ether oxygens (including phenoxy) is 2. The van der Waals surface area contributed by atoms with Crippen LogP contribution in [0, 0.1) is 22.7 Å². The van der Waals surface area contributed by atoms with Crippen molar-refractivity contribution in [3.05, 3.63) is 192 Å². The van der Waals surface area contributed by atoms with Crippen molar-refractivity contribution >= 4 is 61.7 Å². The monoisotopic (exact) mass is 866 g/mol. The van der Waals surface area contributed by atoms with E-state index in [1.807, 2.05) is 135 Å². The topological polar surface area (TPSA) is 107 Å². The molecule has 1 fully saturated rings. The SMILES string of the molecule is CC#N.CC#N.CC1(C)O[C@@H](C(O)(c2cccc3ccccc23)c2cccc3ccccc23)[C@H](C(O)(c2cccc3ccccc23)c2cccc3ccccc23)O1.[Cl][Ti][Cl]. The molecule has 9 rings (SSSR count). The van der Waals surface area contributed by atoms with Gasteiger partial charge in [-0.25, -0.2) is 0 Å². The number of nitrogens with zero attached hydrogens (tertiary/aromatic N) is 2. The van der Waals surface area contributed by atoms with Crippen LogP contribution in [0.25, 0.3) is 43.1 Å². The Hall–Kier alpha value is -5.09. The maximum atomic E-state index is 14.0. The summed E-state index contributed by atoms with van der Waals surface area (Å²) in [5.74, 6) is -1.18. The second-order valence-electron chi connectivity index (χ2n) is 14.6. The molecule has 0 radical (unpaired) electrons. The minimum atomic E-state index is -1.80. The zero-order chi connectivity index (χ0) is 42.9. The quantitative estimate of drug-likeness (QED) is 0.161. The fourth-order valence-electron chi connectivity index (χ4n) is 8.51. The van der Waals surface area contributed by atoms with E-state index < -0.39 is 46.2 Å². The Kier molecular flexibility index (Phi) is 14.5. The van der Waals surface area contributed by atoms with Crippen LogP contribution in [0.4, 0.5) is 0 Å². The van der Waals surface area contributed by atoms with Crippen LogP contribution in [0.2, 0.25) is 0 Å². The molecule has 6 nitrogen and oxygen atoms in total. The zero-order valence-corrected chi connectivity index (χ0v) is 36.8. The van der Waals surface area contributed by atoms with E-state index in [0.717, 1.165) is 43.1 Å². The number of nitriles is 2. The molecule has 0 aromatic heterocycles. The van der Waals surface area contributed by atoms with Crippen molar-refractivity contribution in [2.75, 3.05) is 0 Å². The van der Waals surface area contributed by atoms with Crippen LogP contribution >= 0.6 is 18.6 Å². The molecule has 8 aromatic carbocycles. The number of halogens is 2. The fraction of sp³-hybridized carbons (Fsp3) is 0.176. The number of hydrogen-bond donors (Lipinski definition) is 2. The van der Waals surface area contributed by atoms with Crippen molar-refractivity contribution in [3.8, 4) is 12.1 Å². The number of rotatable bonds is 6. The molecule has 0 spiro atoms. The Balaban J connectivity index is 0.000000619. The predicted molar refractivity (Wildman–Crippen MR) is 240 cm³/mol. The molecule has 1 aliphatic heterocycles. The van der Waals surface area contributed by atoms with Crippen molar-refractivity contribution in [1.29, 1.82) is 10.5 Å². The van der Waals surface area contributed by atoms with Gasteiger partial charge in [-0.2, -0.15) is 10.5 Å². The average molecular weight is 868 g/mol. The molecule has 0 saturated carbocycles. The molecular weight excluding hydrogens is 823 g/mol. The summed E-state index contributed by atoms with van der Waals surface area (Å²) in [4.78, 5) is 0. The summed E-state index contributed by atoms with van der Waals surface area (Å²) in [6, 6.07) is 59.9. The molecular formula is C51H44Cl2N2O4Ti. The van der Waals surface area contributed by atoms with Gasteiger partial charge in [0, 0.05) is 13.8 Å². The third-order valence-corrected chi connectivity index (χ3v) is 10.7. The van der Waals surface area contributed by atoms with E-state index >= 15 is 0 Å². The third kappa shape index (κ3) is 8.58. The van der Waals surface area contributed by atoms with Gasteiger partial charge in [-0.3, -0.25) is 0 Å². The van der Waals surface area contributed by atoms with Crippen molar-refractivity contribution in [1.82, 2.24) is 0 Å². The summed E-state index contributed by atoms with van der Waals surface area (Å²) in [7, 11) is 9.78. The van der Waals surface area contributed by atoms with Crippen molar-refractivity contribution in [2.24, 2.45) is 0 Å². The van der Waals surface area contributed by atoms with Gasteiger partial charge in [0.1, 0.15) is 23.4 Å². The van der Waals surface area contributed by atoms with Gasteiger partial charge in [0.15, 0.2) is 5.79 Å². The maximum absolute atomic E-state index is 14.0. The van der Waals surface area contributed by atoms with Gasteiger partial charge in [-0.15, -0.1) is 0 Å². The van der Waals surface area contributed by atoms with E-state index in [2.05, 4.69) is 48.5 Å². The molecule has 0 amide bonds. The van der Waals surface area contributed by atoms with Gasteiger partial charge < -0.3 is 19.7 Å². The molecule has 0 unspecified atom stereocenters. The standard InChI is InChI=1S/C47H38O4.2C2H3N.2ClH.Ti/c1-45(2)50-43(46(48,39-27-11-19-31-15-3-7-23-35(31)39)40-28-12-20-32-16-4-8-24-36(32)40)44(51-45)47(49,41-29-13-21-33-17-5-9-25-37(33)41)42-30-14-22-34-18-6-10-26-38(34)42;2*1-2-3;;;/h3-30,43-44,48-49H,1-2H3;2*1H3;2*1H;/q;;;;;+2/p-2/t43-,44-;;;;;/m1...../s1. The van der Waals surface area contributed by atoms with Gasteiger partial charge in [0.2, 0.25) is 0 Å². The second-order valence-corrected chi connectivity index (χ2v) is 17.2. The summed E-state index contributed by atoms with van der Waals surface area (Å²) in [6.45, 7) is 6.58. The van der Waals surface area contributed by atoms with Crippen LogP contribution in [0.15, 0.2) is 170 Å². The summed E-state index contributed by atoms with van der Waals surface area (Å²) in [5, 5.41) is 50.2. The molecule has 300 valence electrons.